The average molecular weight is 326 g/mol. The second-order valence-electron chi connectivity index (χ2n) is 5.65. The number of ether oxygens (including phenoxy) is 1. The van der Waals surface area contributed by atoms with E-state index in [2.05, 4.69) is 29.3 Å². The predicted molar refractivity (Wildman–Crippen MR) is 98.4 cm³/mol. The first-order chi connectivity index (χ1) is 11.7. The lowest BCUT2D eigenvalue weighted by Gasteiger charge is -2.23. The van der Waals surface area contributed by atoms with Gasteiger partial charge in [0, 0.05) is 38.0 Å². The third-order valence-corrected chi connectivity index (χ3v) is 3.92. The van der Waals surface area contributed by atoms with Crippen LogP contribution in [0.2, 0.25) is 0 Å². The van der Waals surface area contributed by atoms with Gasteiger partial charge in [0.15, 0.2) is 0 Å². The lowest BCUT2D eigenvalue weighted by molar-refractivity contribution is 0.0953. The molecule has 0 fully saturated rings. The molecule has 0 spiro atoms. The summed E-state index contributed by atoms with van der Waals surface area (Å²) >= 11 is 0. The summed E-state index contributed by atoms with van der Waals surface area (Å²) in [5.41, 5.74) is 2.97. The minimum Gasteiger partial charge on any atom is -0.380 e. The van der Waals surface area contributed by atoms with Crippen LogP contribution in [-0.4, -0.2) is 32.7 Å². The Bertz CT molecular complexity index is 611. The Balaban J connectivity index is 1.76. The number of hydrogen-bond donors (Lipinski definition) is 1. The number of hydrogen-bond acceptors (Lipinski definition) is 3. The van der Waals surface area contributed by atoms with Crippen LogP contribution in [0.15, 0.2) is 54.6 Å². The van der Waals surface area contributed by atoms with Crippen LogP contribution < -0.4 is 10.2 Å². The molecule has 2 rings (SSSR count). The molecule has 1 N–H and O–H groups in total. The zero-order valence-corrected chi connectivity index (χ0v) is 14.5. The second kappa shape index (κ2) is 9.73. The van der Waals surface area contributed by atoms with Gasteiger partial charge in [-0.3, -0.25) is 4.79 Å². The number of methoxy groups -OCH3 is 1. The van der Waals surface area contributed by atoms with E-state index in [1.54, 1.807) is 7.11 Å². The van der Waals surface area contributed by atoms with Gasteiger partial charge in [0.1, 0.15) is 0 Å². The predicted octanol–water partition coefficient (Wildman–Crippen LogP) is 3.48. The van der Waals surface area contributed by atoms with Crippen LogP contribution in [0.5, 0.6) is 0 Å². The zero-order chi connectivity index (χ0) is 17.2. The molecule has 0 aliphatic heterocycles. The molecule has 0 heterocycles. The smallest absolute Gasteiger partial charge is 0.251 e. The SMILES string of the molecule is CCN(CCCNC(=O)c1ccc(COC)cc1)c1ccccc1. The topological polar surface area (TPSA) is 41.6 Å². The Morgan fingerprint density at radius 2 is 1.79 bits per heavy atom. The van der Waals surface area contributed by atoms with E-state index >= 15 is 0 Å². The highest BCUT2D eigenvalue weighted by molar-refractivity contribution is 5.94. The summed E-state index contributed by atoms with van der Waals surface area (Å²) in [7, 11) is 1.66. The van der Waals surface area contributed by atoms with Gasteiger partial charge < -0.3 is 15.0 Å². The third kappa shape index (κ3) is 5.39. The average Bonchev–Trinajstić information content (AvgIpc) is 2.63. The van der Waals surface area contributed by atoms with Crippen LogP contribution in [0.1, 0.15) is 29.3 Å². The molecule has 4 nitrogen and oxygen atoms in total. The van der Waals surface area contributed by atoms with Gasteiger partial charge in [0.2, 0.25) is 0 Å². The van der Waals surface area contributed by atoms with Crippen molar-refractivity contribution in [2.24, 2.45) is 0 Å². The van der Waals surface area contributed by atoms with Crippen molar-refractivity contribution < 1.29 is 9.53 Å². The van der Waals surface area contributed by atoms with Crippen LogP contribution in [0.25, 0.3) is 0 Å². The maximum absolute atomic E-state index is 12.1. The molecule has 128 valence electrons. The first-order valence-electron chi connectivity index (χ1n) is 8.40. The summed E-state index contributed by atoms with van der Waals surface area (Å²) in [5, 5.41) is 2.98. The molecule has 0 saturated heterocycles. The molecule has 0 aliphatic rings. The van der Waals surface area contributed by atoms with E-state index in [0.29, 0.717) is 18.7 Å². The quantitative estimate of drug-likeness (QED) is 0.717. The van der Waals surface area contributed by atoms with Crippen LogP contribution in [0, 0.1) is 0 Å². The van der Waals surface area contributed by atoms with Gasteiger partial charge in [-0.2, -0.15) is 0 Å². The maximum Gasteiger partial charge on any atom is 0.251 e. The summed E-state index contributed by atoms with van der Waals surface area (Å²) in [6.07, 6.45) is 0.913. The molecular formula is C20H26N2O2. The van der Waals surface area contributed by atoms with Crippen molar-refractivity contribution in [3.8, 4) is 0 Å². The molecule has 0 aliphatic carbocycles. The van der Waals surface area contributed by atoms with E-state index in [1.165, 1.54) is 5.69 Å². The summed E-state index contributed by atoms with van der Waals surface area (Å²) in [6, 6.07) is 17.9. The number of anilines is 1. The first-order valence-corrected chi connectivity index (χ1v) is 8.40. The highest BCUT2D eigenvalue weighted by Gasteiger charge is 2.06. The normalized spacial score (nSPS) is 10.4. The van der Waals surface area contributed by atoms with E-state index in [0.717, 1.165) is 25.1 Å². The van der Waals surface area contributed by atoms with Crippen LogP contribution in [0.4, 0.5) is 5.69 Å². The van der Waals surface area contributed by atoms with Crippen molar-refractivity contribution in [2.45, 2.75) is 20.0 Å². The number of nitrogens with zero attached hydrogens (tertiary/aromatic N) is 1. The van der Waals surface area contributed by atoms with Crippen LogP contribution in [0.3, 0.4) is 0 Å². The second-order valence-corrected chi connectivity index (χ2v) is 5.65. The van der Waals surface area contributed by atoms with Crippen molar-refractivity contribution in [3.63, 3.8) is 0 Å². The molecule has 0 aromatic heterocycles. The fourth-order valence-corrected chi connectivity index (χ4v) is 2.60. The van der Waals surface area contributed by atoms with Crippen molar-refractivity contribution in [1.82, 2.24) is 5.32 Å². The van der Waals surface area contributed by atoms with E-state index in [9.17, 15) is 4.79 Å². The minimum absolute atomic E-state index is 0.0262. The van der Waals surface area contributed by atoms with E-state index in [4.69, 9.17) is 4.74 Å². The molecule has 4 heteroatoms. The summed E-state index contributed by atoms with van der Waals surface area (Å²) in [5.74, 6) is -0.0262. The minimum atomic E-state index is -0.0262. The number of nitrogens with one attached hydrogen (secondary N) is 1. The number of carbonyl (C=O) groups is 1. The largest absolute Gasteiger partial charge is 0.380 e. The first kappa shape index (κ1) is 18.0. The standard InChI is InChI=1S/C20H26N2O2/c1-3-22(19-8-5-4-6-9-19)15-7-14-21-20(23)18-12-10-17(11-13-18)16-24-2/h4-6,8-13H,3,7,14-16H2,1-2H3,(H,21,23). The van der Waals surface area contributed by atoms with Gasteiger partial charge in [-0.15, -0.1) is 0 Å². The summed E-state index contributed by atoms with van der Waals surface area (Å²) in [6.45, 7) is 5.26. The molecule has 0 unspecified atom stereocenters. The fraction of sp³-hybridized carbons (Fsp3) is 0.350. The third-order valence-electron chi connectivity index (χ3n) is 3.92. The molecule has 24 heavy (non-hydrogen) atoms. The Labute approximate surface area is 144 Å². The summed E-state index contributed by atoms with van der Waals surface area (Å²) in [4.78, 5) is 14.5. The Hall–Kier alpha value is -2.33. The lowest BCUT2D eigenvalue weighted by atomic mass is 10.1. The van der Waals surface area contributed by atoms with Crippen molar-refractivity contribution in [2.75, 3.05) is 31.6 Å². The molecule has 0 bridgehead atoms. The Morgan fingerprint density at radius 1 is 1.08 bits per heavy atom. The number of rotatable bonds is 9. The molecule has 1 amide bonds. The highest BCUT2D eigenvalue weighted by atomic mass is 16.5. The van der Waals surface area contributed by atoms with Gasteiger partial charge >= 0.3 is 0 Å². The van der Waals surface area contributed by atoms with Gasteiger partial charge in [-0.1, -0.05) is 30.3 Å². The van der Waals surface area contributed by atoms with Gasteiger partial charge in [-0.25, -0.2) is 0 Å². The highest BCUT2D eigenvalue weighted by Crippen LogP contribution is 2.12. The lowest BCUT2D eigenvalue weighted by Crippen LogP contribution is -2.29. The van der Waals surface area contributed by atoms with E-state index in [-0.39, 0.29) is 5.91 Å². The Morgan fingerprint density at radius 3 is 2.42 bits per heavy atom. The Kier molecular flexibility index (Phi) is 7.30. The van der Waals surface area contributed by atoms with Gasteiger partial charge in [0.25, 0.3) is 5.91 Å². The zero-order valence-electron chi connectivity index (χ0n) is 14.5. The van der Waals surface area contributed by atoms with E-state index in [1.807, 2.05) is 42.5 Å². The molecular weight excluding hydrogens is 300 g/mol. The van der Waals surface area contributed by atoms with Crippen molar-refractivity contribution in [3.05, 3.63) is 65.7 Å². The molecule has 0 saturated carbocycles. The van der Waals surface area contributed by atoms with Crippen LogP contribution >= 0.6 is 0 Å². The monoisotopic (exact) mass is 326 g/mol. The van der Waals surface area contributed by atoms with Crippen LogP contribution in [-0.2, 0) is 11.3 Å². The van der Waals surface area contributed by atoms with Gasteiger partial charge in [0.05, 0.1) is 6.61 Å². The molecule has 2 aromatic carbocycles. The molecule has 2 aromatic rings. The van der Waals surface area contributed by atoms with Crippen molar-refractivity contribution in [1.29, 1.82) is 0 Å². The number of para-hydroxylation sites is 1. The number of amides is 1. The summed E-state index contributed by atoms with van der Waals surface area (Å²) < 4.78 is 5.07. The number of benzene rings is 2. The molecule has 0 atom stereocenters. The maximum atomic E-state index is 12.1. The van der Waals surface area contributed by atoms with Gasteiger partial charge in [-0.05, 0) is 43.2 Å². The fourth-order valence-electron chi connectivity index (χ4n) is 2.60. The van der Waals surface area contributed by atoms with E-state index < -0.39 is 0 Å². The van der Waals surface area contributed by atoms with Crippen molar-refractivity contribution >= 4 is 11.6 Å². The number of carbonyl (C=O) groups excluding carboxylic acids is 1. The molecule has 0 radical (unpaired) electrons.